The van der Waals surface area contributed by atoms with Crippen molar-refractivity contribution in [1.29, 1.82) is 0 Å². The second-order valence-corrected chi connectivity index (χ2v) is 9.49. The summed E-state index contributed by atoms with van der Waals surface area (Å²) in [5.74, 6) is -0.661. The van der Waals surface area contributed by atoms with Crippen LogP contribution in [0.2, 0.25) is 0 Å². The molecule has 1 amide bonds. The lowest BCUT2D eigenvalue weighted by Gasteiger charge is -2.35. The van der Waals surface area contributed by atoms with Gasteiger partial charge in [0.1, 0.15) is 5.82 Å². The number of aromatic nitrogens is 2. The van der Waals surface area contributed by atoms with Gasteiger partial charge in [-0.25, -0.2) is 12.8 Å². The Hall–Kier alpha value is -2.98. The first kappa shape index (κ1) is 21.3. The highest BCUT2D eigenvalue weighted by Crippen LogP contribution is 2.18. The first-order valence-corrected chi connectivity index (χ1v) is 11.7. The normalized spacial score (nSPS) is 15.3. The van der Waals surface area contributed by atoms with Crippen molar-refractivity contribution in [2.75, 3.05) is 43.4 Å². The van der Waals surface area contributed by atoms with Crippen molar-refractivity contribution in [2.45, 2.75) is 6.42 Å². The summed E-state index contributed by atoms with van der Waals surface area (Å²) >= 11 is 0. The molecule has 3 aromatic rings. The molecule has 4 rings (SSSR count). The number of hydrogen-bond acceptors (Lipinski definition) is 5. The average Bonchev–Trinajstić information content (AvgIpc) is 3.22. The molecule has 1 aliphatic heterocycles. The summed E-state index contributed by atoms with van der Waals surface area (Å²) in [5.41, 5.74) is 1.96. The van der Waals surface area contributed by atoms with Gasteiger partial charge in [0.2, 0.25) is 10.0 Å². The molecule has 8 nitrogen and oxygen atoms in total. The molecule has 0 unspecified atom stereocenters. The van der Waals surface area contributed by atoms with Crippen LogP contribution in [-0.4, -0.2) is 67.3 Å². The number of benzene rings is 2. The van der Waals surface area contributed by atoms with Crippen molar-refractivity contribution < 1.29 is 17.6 Å². The lowest BCUT2D eigenvalue weighted by molar-refractivity contribution is 0.0950. The Labute approximate surface area is 180 Å². The van der Waals surface area contributed by atoms with Crippen LogP contribution in [0.4, 0.5) is 10.1 Å². The molecule has 0 aliphatic carbocycles. The van der Waals surface area contributed by atoms with Crippen LogP contribution in [0, 0.1) is 5.82 Å². The number of carbonyl (C=O) groups is 1. The summed E-state index contributed by atoms with van der Waals surface area (Å²) in [6.45, 7) is 2.10. The van der Waals surface area contributed by atoms with Crippen molar-refractivity contribution in [3.63, 3.8) is 0 Å². The molecular weight excluding hydrogens is 421 g/mol. The van der Waals surface area contributed by atoms with Gasteiger partial charge in [0.05, 0.1) is 11.3 Å². The monoisotopic (exact) mass is 445 g/mol. The van der Waals surface area contributed by atoms with E-state index in [1.165, 1.54) is 16.4 Å². The lowest BCUT2D eigenvalue weighted by atomic mass is 10.2. The van der Waals surface area contributed by atoms with Crippen LogP contribution < -0.4 is 10.2 Å². The molecule has 0 atom stereocenters. The zero-order chi connectivity index (χ0) is 21.8. The molecule has 1 aromatic heterocycles. The van der Waals surface area contributed by atoms with E-state index in [0.717, 1.165) is 16.6 Å². The van der Waals surface area contributed by atoms with Gasteiger partial charge in [-0.2, -0.15) is 9.40 Å². The van der Waals surface area contributed by atoms with Crippen LogP contribution in [0.3, 0.4) is 0 Å². The van der Waals surface area contributed by atoms with Crippen molar-refractivity contribution in [3.05, 3.63) is 60.0 Å². The average molecular weight is 446 g/mol. The number of nitrogens with one attached hydrogen (secondary N) is 2. The molecule has 0 saturated carbocycles. The van der Waals surface area contributed by atoms with Gasteiger partial charge in [-0.05, 0) is 36.8 Å². The van der Waals surface area contributed by atoms with Crippen molar-refractivity contribution in [2.24, 2.45) is 0 Å². The minimum atomic E-state index is -3.41. The van der Waals surface area contributed by atoms with Gasteiger partial charge < -0.3 is 10.2 Å². The van der Waals surface area contributed by atoms with E-state index in [-0.39, 0.29) is 24.0 Å². The zero-order valence-corrected chi connectivity index (χ0v) is 17.7. The molecule has 31 heavy (non-hydrogen) atoms. The highest BCUT2D eigenvalue weighted by Gasteiger charge is 2.26. The molecule has 2 heterocycles. The van der Waals surface area contributed by atoms with Crippen LogP contribution >= 0.6 is 0 Å². The second kappa shape index (κ2) is 9.03. The highest BCUT2D eigenvalue weighted by molar-refractivity contribution is 7.89. The largest absolute Gasteiger partial charge is 0.369 e. The van der Waals surface area contributed by atoms with Crippen LogP contribution in [0.5, 0.6) is 0 Å². The van der Waals surface area contributed by atoms with Crippen LogP contribution in [0.15, 0.2) is 48.5 Å². The fourth-order valence-corrected chi connectivity index (χ4v) is 5.17. The number of sulfonamides is 1. The summed E-state index contributed by atoms with van der Waals surface area (Å²) in [6.07, 6.45) is 0.314. The van der Waals surface area contributed by atoms with E-state index in [4.69, 9.17) is 0 Å². The summed E-state index contributed by atoms with van der Waals surface area (Å²) in [7, 11) is -3.41. The number of H-pyrrole nitrogens is 1. The minimum Gasteiger partial charge on any atom is -0.369 e. The van der Waals surface area contributed by atoms with E-state index < -0.39 is 10.0 Å². The SMILES string of the molecule is O=C(NCCCS(=O)(=O)N1CCN(c2ccc(F)cc2)CC1)c1n[nH]c2ccccc12. The standard InChI is InChI=1S/C21H24FN5O3S/c22-16-6-8-17(9-7-16)26-11-13-27(14-12-26)31(29,30)15-3-10-23-21(28)20-18-4-1-2-5-19(18)24-25-20/h1-2,4-9H,3,10-15H2,(H,23,28)(H,24,25). The van der Waals surface area contributed by atoms with E-state index in [1.807, 2.05) is 29.2 Å². The maximum Gasteiger partial charge on any atom is 0.272 e. The van der Waals surface area contributed by atoms with Crippen LogP contribution in [-0.2, 0) is 10.0 Å². The number of para-hydroxylation sites is 1. The number of amides is 1. The van der Waals surface area contributed by atoms with Gasteiger partial charge in [-0.15, -0.1) is 0 Å². The Bertz CT molecular complexity index is 1160. The number of piperazine rings is 1. The molecule has 2 N–H and O–H groups in total. The minimum absolute atomic E-state index is 0.0366. The third-order valence-corrected chi connectivity index (χ3v) is 7.33. The summed E-state index contributed by atoms with van der Waals surface area (Å²) in [6, 6.07) is 13.5. The number of hydrogen-bond donors (Lipinski definition) is 2. The first-order chi connectivity index (χ1) is 14.9. The predicted molar refractivity (Wildman–Crippen MR) is 117 cm³/mol. The first-order valence-electron chi connectivity index (χ1n) is 10.1. The Morgan fingerprint density at radius 2 is 1.77 bits per heavy atom. The van der Waals surface area contributed by atoms with Gasteiger partial charge in [0.25, 0.3) is 5.91 Å². The van der Waals surface area contributed by atoms with Gasteiger partial charge >= 0.3 is 0 Å². The number of carbonyl (C=O) groups excluding carboxylic acids is 1. The summed E-state index contributed by atoms with van der Waals surface area (Å²) in [4.78, 5) is 14.4. The number of rotatable bonds is 7. The molecule has 0 bridgehead atoms. The Kier molecular flexibility index (Phi) is 6.19. The molecule has 1 saturated heterocycles. The third-order valence-electron chi connectivity index (χ3n) is 5.37. The fraction of sp³-hybridized carbons (Fsp3) is 0.333. The molecule has 0 radical (unpaired) electrons. The topological polar surface area (TPSA) is 98.4 Å². The van der Waals surface area contributed by atoms with Gasteiger partial charge in [0.15, 0.2) is 5.69 Å². The molecule has 2 aromatic carbocycles. The van der Waals surface area contributed by atoms with E-state index >= 15 is 0 Å². The van der Waals surface area contributed by atoms with E-state index in [9.17, 15) is 17.6 Å². The predicted octanol–water partition coefficient (Wildman–Crippen LogP) is 1.97. The fourth-order valence-electron chi connectivity index (χ4n) is 3.68. The number of halogens is 1. The highest BCUT2D eigenvalue weighted by atomic mass is 32.2. The van der Waals surface area contributed by atoms with Crippen molar-refractivity contribution in [1.82, 2.24) is 19.8 Å². The number of fused-ring (bicyclic) bond motifs is 1. The maximum absolute atomic E-state index is 13.1. The second-order valence-electron chi connectivity index (χ2n) is 7.41. The van der Waals surface area contributed by atoms with E-state index in [1.54, 1.807) is 12.1 Å². The molecular formula is C21H24FN5O3S. The Morgan fingerprint density at radius 1 is 1.06 bits per heavy atom. The zero-order valence-electron chi connectivity index (χ0n) is 16.9. The lowest BCUT2D eigenvalue weighted by Crippen LogP contribution is -2.49. The van der Waals surface area contributed by atoms with Crippen LogP contribution in [0.1, 0.15) is 16.9 Å². The van der Waals surface area contributed by atoms with E-state index in [2.05, 4.69) is 15.5 Å². The Morgan fingerprint density at radius 3 is 2.52 bits per heavy atom. The molecule has 1 aliphatic rings. The smallest absolute Gasteiger partial charge is 0.272 e. The number of anilines is 1. The van der Waals surface area contributed by atoms with Gasteiger partial charge in [0, 0.05) is 43.8 Å². The maximum atomic E-state index is 13.1. The van der Waals surface area contributed by atoms with Crippen molar-refractivity contribution >= 4 is 32.5 Å². The number of nitrogens with zero attached hydrogens (tertiary/aromatic N) is 3. The quantitative estimate of drug-likeness (QED) is 0.542. The third kappa shape index (κ3) is 4.86. The number of aromatic amines is 1. The van der Waals surface area contributed by atoms with E-state index in [0.29, 0.717) is 38.3 Å². The van der Waals surface area contributed by atoms with Crippen molar-refractivity contribution in [3.8, 4) is 0 Å². The Balaban J connectivity index is 1.24. The van der Waals surface area contributed by atoms with Gasteiger partial charge in [-0.1, -0.05) is 18.2 Å². The van der Waals surface area contributed by atoms with Gasteiger partial charge in [-0.3, -0.25) is 9.89 Å². The summed E-state index contributed by atoms with van der Waals surface area (Å²) in [5, 5.41) is 10.3. The molecule has 0 spiro atoms. The molecule has 164 valence electrons. The molecule has 1 fully saturated rings. The summed E-state index contributed by atoms with van der Waals surface area (Å²) < 4.78 is 39.9. The molecule has 10 heteroatoms. The van der Waals surface area contributed by atoms with Crippen LogP contribution in [0.25, 0.3) is 10.9 Å².